The maximum Gasteiger partial charge on any atom is 0.104 e. The second kappa shape index (κ2) is 4.69. The third kappa shape index (κ3) is 1.75. The van der Waals surface area contributed by atoms with Crippen molar-refractivity contribution >= 4 is 18.2 Å². The van der Waals surface area contributed by atoms with E-state index in [0.29, 0.717) is 0 Å². The van der Waals surface area contributed by atoms with Crippen molar-refractivity contribution < 1.29 is 4.84 Å². The average molecular weight is 203 g/mol. The Bertz CT molecular complexity index is 411. The monoisotopic (exact) mass is 203 g/mol. The molecule has 2 nitrogen and oxygen atoms in total. The Kier molecular flexibility index (Phi) is 3.56. The standard InChI is InChI=1S/C13H17NO/c1-6-9-11-10(4)12(7-2)14(15-5)13(11)8-3/h6-9H,2-3H2,1,4-5H3/b9-6-. The van der Waals surface area contributed by atoms with E-state index < -0.39 is 0 Å². The minimum atomic E-state index is 0.961. The summed E-state index contributed by atoms with van der Waals surface area (Å²) >= 11 is 0. The summed E-state index contributed by atoms with van der Waals surface area (Å²) in [6, 6.07) is 0. The third-order valence-corrected chi connectivity index (χ3v) is 2.40. The summed E-state index contributed by atoms with van der Waals surface area (Å²) < 4.78 is 1.74. The molecule has 0 aliphatic rings. The van der Waals surface area contributed by atoms with Crippen molar-refractivity contribution in [2.75, 3.05) is 7.11 Å². The first-order valence-electron chi connectivity index (χ1n) is 4.88. The molecule has 0 aliphatic heterocycles. The zero-order valence-corrected chi connectivity index (χ0v) is 9.58. The minimum absolute atomic E-state index is 0.961. The molecule has 0 spiro atoms. The molecular formula is C13H17NO. The molecule has 1 rings (SSSR count). The molecule has 0 amide bonds. The van der Waals surface area contributed by atoms with Gasteiger partial charge in [0.05, 0.1) is 11.4 Å². The van der Waals surface area contributed by atoms with E-state index in [0.717, 1.165) is 22.5 Å². The summed E-state index contributed by atoms with van der Waals surface area (Å²) in [7, 11) is 1.64. The smallest absolute Gasteiger partial charge is 0.104 e. The van der Waals surface area contributed by atoms with Crippen LogP contribution in [-0.4, -0.2) is 11.8 Å². The van der Waals surface area contributed by atoms with Gasteiger partial charge >= 0.3 is 0 Å². The van der Waals surface area contributed by atoms with Crippen LogP contribution in [0.2, 0.25) is 0 Å². The largest absolute Gasteiger partial charge is 0.417 e. The van der Waals surface area contributed by atoms with Crippen LogP contribution >= 0.6 is 0 Å². The number of hydrogen-bond acceptors (Lipinski definition) is 1. The highest BCUT2D eigenvalue weighted by atomic mass is 16.6. The molecule has 2 heteroatoms. The highest BCUT2D eigenvalue weighted by Gasteiger charge is 2.14. The second-order valence-electron chi connectivity index (χ2n) is 3.19. The van der Waals surface area contributed by atoms with E-state index >= 15 is 0 Å². The molecule has 15 heavy (non-hydrogen) atoms. The van der Waals surface area contributed by atoms with Crippen LogP contribution in [0.5, 0.6) is 0 Å². The molecule has 0 saturated carbocycles. The second-order valence-corrected chi connectivity index (χ2v) is 3.19. The zero-order chi connectivity index (χ0) is 11.4. The molecule has 0 aliphatic carbocycles. The van der Waals surface area contributed by atoms with Crippen LogP contribution in [0.15, 0.2) is 19.2 Å². The third-order valence-electron chi connectivity index (χ3n) is 2.40. The normalized spacial score (nSPS) is 10.6. The van der Waals surface area contributed by atoms with Gasteiger partial charge in [0.25, 0.3) is 0 Å². The van der Waals surface area contributed by atoms with Gasteiger partial charge in [-0.1, -0.05) is 25.3 Å². The molecule has 0 bridgehead atoms. The fraction of sp³-hybridized carbons (Fsp3) is 0.231. The van der Waals surface area contributed by atoms with E-state index in [-0.39, 0.29) is 0 Å². The minimum Gasteiger partial charge on any atom is -0.417 e. The van der Waals surface area contributed by atoms with Gasteiger partial charge in [-0.05, 0) is 31.6 Å². The van der Waals surface area contributed by atoms with Gasteiger partial charge in [0.1, 0.15) is 7.11 Å². The van der Waals surface area contributed by atoms with E-state index in [4.69, 9.17) is 4.84 Å². The van der Waals surface area contributed by atoms with Gasteiger partial charge < -0.3 is 4.84 Å². The van der Waals surface area contributed by atoms with Gasteiger partial charge in [0, 0.05) is 5.56 Å². The van der Waals surface area contributed by atoms with Gasteiger partial charge in [0.2, 0.25) is 0 Å². The Morgan fingerprint density at radius 1 is 1.20 bits per heavy atom. The van der Waals surface area contributed by atoms with Crippen molar-refractivity contribution in [1.82, 2.24) is 4.73 Å². The predicted molar refractivity (Wildman–Crippen MR) is 66.6 cm³/mol. The maximum atomic E-state index is 5.31. The average Bonchev–Trinajstić information content (AvgIpc) is 2.51. The molecule has 0 saturated heterocycles. The number of rotatable bonds is 4. The maximum absolute atomic E-state index is 5.31. The van der Waals surface area contributed by atoms with E-state index in [1.807, 2.05) is 13.0 Å². The first-order valence-corrected chi connectivity index (χ1v) is 4.88. The van der Waals surface area contributed by atoms with Gasteiger partial charge in [0.15, 0.2) is 0 Å². The molecule has 0 radical (unpaired) electrons. The van der Waals surface area contributed by atoms with E-state index in [1.54, 1.807) is 24.0 Å². The lowest BCUT2D eigenvalue weighted by Gasteiger charge is -2.06. The van der Waals surface area contributed by atoms with Crippen LogP contribution in [0, 0.1) is 6.92 Å². The highest BCUT2D eigenvalue weighted by Crippen LogP contribution is 2.24. The highest BCUT2D eigenvalue weighted by molar-refractivity contribution is 5.70. The van der Waals surface area contributed by atoms with Crippen molar-refractivity contribution in [2.24, 2.45) is 0 Å². The quantitative estimate of drug-likeness (QED) is 0.733. The molecule has 0 N–H and O–H groups in total. The first kappa shape index (κ1) is 11.4. The van der Waals surface area contributed by atoms with Crippen LogP contribution in [0.25, 0.3) is 18.2 Å². The first-order chi connectivity index (χ1) is 7.21. The van der Waals surface area contributed by atoms with Crippen LogP contribution < -0.4 is 4.84 Å². The SMILES string of the molecule is C=Cc1c(C)c(/C=C\C)c(C=C)n1OC. The lowest BCUT2D eigenvalue weighted by atomic mass is 10.1. The van der Waals surface area contributed by atoms with Crippen molar-refractivity contribution in [3.63, 3.8) is 0 Å². The van der Waals surface area contributed by atoms with Crippen molar-refractivity contribution in [3.8, 4) is 0 Å². The van der Waals surface area contributed by atoms with Crippen LogP contribution in [0.4, 0.5) is 0 Å². The fourth-order valence-corrected chi connectivity index (χ4v) is 1.72. The van der Waals surface area contributed by atoms with Gasteiger partial charge in [-0.25, -0.2) is 0 Å². The topological polar surface area (TPSA) is 14.2 Å². The Morgan fingerprint density at radius 3 is 2.20 bits per heavy atom. The lowest BCUT2D eigenvalue weighted by molar-refractivity contribution is 0.164. The lowest BCUT2D eigenvalue weighted by Crippen LogP contribution is -2.09. The Hall–Kier alpha value is -1.70. The van der Waals surface area contributed by atoms with Crippen molar-refractivity contribution in [2.45, 2.75) is 13.8 Å². The van der Waals surface area contributed by atoms with Crippen LogP contribution in [0.3, 0.4) is 0 Å². The summed E-state index contributed by atoms with van der Waals surface area (Å²) in [6.07, 6.45) is 7.63. The zero-order valence-electron chi connectivity index (χ0n) is 9.58. The number of hydrogen-bond donors (Lipinski definition) is 0. The van der Waals surface area contributed by atoms with Gasteiger partial charge in [-0.15, -0.1) is 0 Å². The molecule has 80 valence electrons. The molecule has 1 aromatic rings. The molecule has 0 atom stereocenters. The molecule has 0 aromatic carbocycles. The molecule has 0 unspecified atom stereocenters. The Morgan fingerprint density at radius 2 is 1.80 bits per heavy atom. The summed E-state index contributed by atoms with van der Waals surface area (Å²) in [5.74, 6) is 0. The van der Waals surface area contributed by atoms with Crippen molar-refractivity contribution in [1.29, 1.82) is 0 Å². The van der Waals surface area contributed by atoms with Crippen LogP contribution in [0.1, 0.15) is 29.4 Å². The summed E-state index contributed by atoms with van der Waals surface area (Å²) in [4.78, 5) is 5.31. The summed E-state index contributed by atoms with van der Waals surface area (Å²) in [5, 5.41) is 0. The summed E-state index contributed by atoms with van der Waals surface area (Å²) in [6.45, 7) is 11.6. The Labute approximate surface area is 91.1 Å². The Balaban J connectivity index is 3.57. The molecule has 1 heterocycles. The molecule has 0 fully saturated rings. The van der Waals surface area contributed by atoms with Crippen molar-refractivity contribution in [3.05, 3.63) is 41.7 Å². The van der Waals surface area contributed by atoms with Gasteiger partial charge in [-0.3, -0.25) is 0 Å². The van der Waals surface area contributed by atoms with E-state index in [2.05, 4.69) is 26.2 Å². The van der Waals surface area contributed by atoms with Gasteiger partial charge in [-0.2, -0.15) is 4.73 Å². The molecular weight excluding hydrogens is 186 g/mol. The fourth-order valence-electron chi connectivity index (χ4n) is 1.72. The number of allylic oxidation sites excluding steroid dienone is 1. The molecule has 1 aromatic heterocycles. The number of aromatic nitrogens is 1. The predicted octanol–water partition coefficient (Wildman–Crippen LogP) is 3.17. The number of nitrogens with zero attached hydrogens (tertiary/aromatic N) is 1. The van der Waals surface area contributed by atoms with Crippen LogP contribution in [-0.2, 0) is 0 Å². The van der Waals surface area contributed by atoms with E-state index in [1.165, 1.54) is 0 Å². The van der Waals surface area contributed by atoms with E-state index in [9.17, 15) is 0 Å². The summed E-state index contributed by atoms with van der Waals surface area (Å²) in [5.41, 5.74) is 4.22.